The van der Waals surface area contributed by atoms with E-state index in [1.54, 1.807) is 47.8 Å². The minimum absolute atomic E-state index is 0.259. The molecule has 3 atom stereocenters. The molecule has 0 bridgehead atoms. The predicted octanol–water partition coefficient (Wildman–Crippen LogP) is 3.81. The van der Waals surface area contributed by atoms with Gasteiger partial charge >= 0.3 is 0 Å². The lowest BCUT2D eigenvalue weighted by Crippen LogP contribution is -2.37. The Labute approximate surface area is 171 Å². The fourth-order valence-corrected chi connectivity index (χ4v) is 4.82. The highest BCUT2D eigenvalue weighted by Crippen LogP contribution is 2.48. The number of nitrogens with zero attached hydrogens (tertiary/aromatic N) is 2. The molecule has 2 saturated heterocycles. The molecule has 2 aliphatic rings. The second-order valence-electron chi connectivity index (χ2n) is 6.89. The van der Waals surface area contributed by atoms with Gasteiger partial charge in [0.15, 0.2) is 6.10 Å². The molecule has 2 aliphatic heterocycles. The van der Waals surface area contributed by atoms with E-state index in [0.29, 0.717) is 11.4 Å². The summed E-state index contributed by atoms with van der Waals surface area (Å²) in [4.78, 5) is 34.9. The van der Waals surface area contributed by atoms with Gasteiger partial charge < -0.3 is 4.74 Å². The highest BCUT2D eigenvalue weighted by Gasteiger charge is 2.60. The highest BCUT2D eigenvalue weighted by atomic mass is 32.1. The smallest absolute Gasteiger partial charge is 0.266 e. The third-order valence-corrected chi connectivity index (χ3v) is 6.22. The van der Waals surface area contributed by atoms with Gasteiger partial charge in [-0.15, -0.1) is 11.3 Å². The molecule has 146 valence electrons. The summed E-state index contributed by atoms with van der Waals surface area (Å²) in [6.07, 6.45) is -0.860. The molecular formula is C22H18N2O4S. The maximum absolute atomic E-state index is 13.4. The van der Waals surface area contributed by atoms with Crippen molar-refractivity contribution in [2.24, 2.45) is 5.92 Å². The number of carbonyl (C=O) groups is 2. The summed E-state index contributed by atoms with van der Waals surface area (Å²) in [5, 5.41) is 3.67. The second-order valence-corrected chi connectivity index (χ2v) is 7.87. The molecule has 0 N–H and O–H groups in total. The van der Waals surface area contributed by atoms with E-state index < -0.39 is 12.0 Å². The van der Waals surface area contributed by atoms with Crippen molar-refractivity contribution < 1.29 is 19.2 Å². The number of imide groups is 1. The molecule has 1 aromatic heterocycles. The highest BCUT2D eigenvalue weighted by molar-refractivity contribution is 7.10. The summed E-state index contributed by atoms with van der Waals surface area (Å²) in [6, 6.07) is 20.1. The van der Waals surface area contributed by atoms with Crippen LogP contribution in [0, 0.1) is 5.92 Å². The molecule has 6 nitrogen and oxygen atoms in total. The van der Waals surface area contributed by atoms with Crippen LogP contribution in [0.2, 0.25) is 0 Å². The Bertz CT molecular complexity index is 1050. The van der Waals surface area contributed by atoms with Crippen LogP contribution >= 0.6 is 11.3 Å². The van der Waals surface area contributed by atoms with Gasteiger partial charge in [-0.3, -0.25) is 14.4 Å². The van der Waals surface area contributed by atoms with Crippen LogP contribution in [0.5, 0.6) is 5.75 Å². The summed E-state index contributed by atoms with van der Waals surface area (Å²) >= 11 is 1.55. The Hall–Kier alpha value is -3.16. The quantitative estimate of drug-likeness (QED) is 0.617. The zero-order chi connectivity index (χ0) is 20.0. The van der Waals surface area contributed by atoms with Crippen LogP contribution in [-0.4, -0.2) is 25.0 Å². The number of rotatable bonds is 4. The van der Waals surface area contributed by atoms with Gasteiger partial charge in [-0.2, -0.15) is 0 Å². The Morgan fingerprint density at radius 1 is 0.931 bits per heavy atom. The van der Waals surface area contributed by atoms with Crippen LogP contribution in [-0.2, 0) is 14.4 Å². The summed E-state index contributed by atoms with van der Waals surface area (Å²) in [5.74, 6) is -0.646. The number of ether oxygens (including phenoxy) is 1. The summed E-state index contributed by atoms with van der Waals surface area (Å²) in [7, 11) is 1.55. The molecule has 29 heavy (non-hydrogen) atoms. The minimum atomic E-state index is -0.860. The molecule has 7 heteroatoms. The van der Waals surface area contributed by atoms with Crippen molar-refractivity contribution in [3.8, 4) is 5.75 Å². The van der Waals surface area contributed by atoms with Gasteiger partial charge in [0.05, 0.1) is 18.5 Å². The molecular weight excluding hydrogens is 388 g/mol. The van der Waals surface area contributed by atoms with Crippen LogP contribution in [0.25, 0.3) is 0 Å². The van der Waals surface area contributed by atoms with Gasteiger partial charge in [0, 0.05) is 10.9 Å². The molecule has 0 radical (unpaired) electrons. The van der Waals surface area contributed by atoms with E-state index in [4.69, 9.17) is 9.57 Å². The Kier molecular flexibility index (Phi) is 4.34. The van der Waals surface area contributed by atoms with E-state index in [1.165, 1.54) is 4.90 Å². The zero-order valence-electron chi connectivity index (χ0n) is 15.6. The first-order valence-corrected chi connectivity index (χ1v) is 10.1. The Balaban J connectivity index is 1.56. The van der Waals surface area contributed by atoms with Gasteiger partial charge in [-0.05, 0) is 35.7 Å². The third-order valence-electron chi connectivity index (χ3n) is 5.27. The number of hydrogen-bond acceptors (Lipinski definition) is 6. The summed E-state index contributed by atoms with van der Waals surface area (Å²) in [6.45, 7) is 0. The summed E-state index contributed by atoms with van der Waals surface area (Å²) in [5.41, 5.74) is 1.31. The number of methoxy groups -OCH3 is 1. The molecule has 3 heterocycles. The first kappa shape index (κ1) is 17.9. The second kappa shape index (κ2) is 7.02. The molecule has 0 aliphatic carbocycles. The van der Waals surface area contributed by atoms with Crippen LogP contribution < -0.4 is 14.7 Å². The summed E-state index contributed by atoms with van der Waals surface area (Å²) < 4.78 is 5.25. The van der Waals surface area contributed by atoms with Crippen molar-refractivity contribution in [2.75, 3.05) is 17.1 Å². The van der Waals surface area contributed by atoms with Crippen LogP contribution in [0.15, 0.2) is 72.1 Å². The molecule has 0 spiro atoms. The van der Waals surface area contributed by atoms with E-state index in [0.717, 1.165) is 10.6 Å². The van der Waals surface area contributed by atoms with Crippen molar-refractivity contribution >= 4 is 34.5 Å². The minimum Gasteiger partial charge on any atom is -0.497 e. The van der Waals surface area contributed by atoms with Crippen molar-refractivity contribution in [2.45, 2.75) is 12.1 Å². The lowest BCUT2D eigenvalue weighted by atomic mass is 9.95. The Morgan fingerprint density at radius 3 is 2.45 bits per heavy atom. The predicted molar refractivity (Wildman–Crippen MR) is 110 cm³/mol. The first-order valence-electron chi connectivity index (χ1n) is 9.25. The zero-order valence-corrected chi connectivity index (χ0v) is 16.4. The number of benzene rings is 2. The fraction of sp³-hybridized carbons (Fsp3) is 0.182. The normalized spacial score (nSPS) is 23.6. The van der Waals surface area contributed by atoms with E-state index >= 15 is 0 Å². The number of fused-ring (bicyclic) bond motifs is 1. The topological polar surface area (TPSA) is 59.1 Å². The van der Waals surface area contributed by atoms with Crippen LogP contribution in [0.4, 0.5) is 11.4 Å². The average Bonchev–Trinajstić information content (AvgIpc) is 3.46. The maximum Gasteiger partial charge on any atom is 0.266 e. The van der Waals surface area contributed by atoms with Gasteiger partial charge in [0.25, 0.3) is 5.91 Å². The lowest BCUT2D eigenvalue weighted by Gasteiger charge is -2.27. The average molecular weight is 406 g/mol. The number of hydrogen-bond donors (Lipinski definition) is 0. The van der Waals surface area contributed by atoms with Gasteiger partial charge in [-0.1, -0.05) is 30.3 Å². The molecule has 5 rings (SSSR count). The fourth-order valence-electron chi connectivity index (χ4n) is 3.97. The number of amides is 2. The molecule has 2 aromatic carbocycles. The number of carbonyl (C=O) groups excluding carboxylic acids is 2. The van der Waals surface area contributed by atoms with Crippen LogP contribution in [0.3, 0.4) is 0 Å². The number of thiophene rings is 1. The maximum atomic E-state index is 13.4. The van der Waals surface area contributed by atoms with E-state index in [1.807, 2.05) is 47.8 Å². The van der Waals surface area contributed by atoms with E-state index in [2.05, 4.69) is 0 Å². The third kappa shape index (κ3) is 2.82. The standard InChI is InChI=1S/C22H18N2O4S/c1-27-16-10-5-9-15(13-16)23-21(25)18-19(17-11-6-12-29-17)24(28-20(18)22(23)26)14-7-3-2-4-8-14/h2-13,18-20H,1H3/t18-,19+,20+/m0/s1. The lowest BCUT2D eigenvalue weighted by molar-refractivity contribution is -0.126. The van der Waals surface area contributed by atoms with Gasteiger partial charge in [-0.25, -0.2) is 9.96 Å². The van der Waals surface area contributed by atoms with E-state index in [-0.39, 0.29) is 17.9 Å². The Morgan fingerprint density at radius 2 is 1.72 bits per heavy atom. The van der Waals surface area contributed by atoms with E-state index in [9.17, 15) is 9.59 Å². The van der Waals surface area contributed by atoms with Gasteiger partial charge in [0.1, 0.15) is 17.7 Å². The number of hydroxylamine groups is 1. The molecule has 2 fully saturated rings. The van der Waals surface area contributed by atoms with Crippen molar-refractivity contribution in [1.29, 1.82) is 0 Å². The largest absolute Gasteiger partial charge is 0.497 e. The SMILES string of the molecule is COc1cccc(N2C(=O)[C@H]3[C@@H](c4cccs4)N(c4ccccc4)O[C@H]3C2=O)c1. The number of para-hydroxylation sites is 1. The molecule has 0 unspecified atom stereocenters. The number of anilines is 2. The van der Waals surface area contributed by atoms with Gasteiger partial charge in [0.2, 0.25) is 5.91 Å². The molecule has 3 aromatic rings. The van der Waals surface area contributed by atoms with Crippen LogP contribution in [0.1, 0.15) is 10.9 Å². The molecule has 2 amide bonds. The first-order chi connectivity index (χ1) is 14.2. The monoisotopic (exact) mass is 406 g/mol. The van der Waals surface area contributed by atoms with Crippen molar-refractivity contribution in [3.05, 3.63) is 77.0 Å². The molecule has 0 saturated carbocycles. The van der Waals surface area contributed by atoms with Crippen molar-refractivity contribution in [3.63, 3.8) is 0 Å². The van der Waals surface area contributed by atoms with Crippen molar-refractivity contribution in [1.82, 2.24) is 0 Å².